The van der Waals surface area contributed by atoms with E-state index in [0.29, 0.717) is 29.2 Å². The second-order valence-corrected chi connectivity index (χ2v) is 10.2. The zero-order valence-corrected chi connectivity index (χ0v) is 23.0. The van der Waals surface area contributed by atoms with Crippen LogP contribution in [0, 0.1) is 0 Å². The molecular weight excluding hydrogens is 494 g/mol. The van der Waals surface area contributed by atoms with Gasteiger partial charge in [0.1, 0.15) is 18.1 Å². The molecule has 2 amide bonds. The van der Waals surface area contributed by atoms with E-state index in [-0.39, 0.29) is 24.9 Å². The quantitative estimate of drug-likeness (QED) is 0.324. The van der Waals surface area contributed by atoms with Gasteiger partial charge in [0.2, 0.25) is 11.8 Å². The largest absolute Gasteiger partial charge is 0.493 e. The van der Waals surface area contributed by atoms with Gasteiger partial charge in [-0.1, -0.05) is 53.7 Å². The molecule has 0 aliphatic rings. The second kappa shape index (κ2) is 12.0. The predicted octanol–water partition coefficient (Wildman–Crippen LogP) is 4.52. The van der Waals surface area contributed by atoms with Gasteiger partial charge in [-0.3, -0.25) is 9.59 Å². The first-order valence-corrected chi connectivity index (χ1v) is 12.9. The Bertz CT molecular complexity index is 1430. The van der Waals surface area contributed by atoms with Crippen molar-refractivity contribution < 1.29 is 19.1 Å². The van der Waals surface area contributed by atoms with Gasteiger partial charge in [0.05, 0.1) is 19.2 Å². The van der Waals surface area contributed by atoms with Gasteiger partial charge in [0.15, 0.2) is 11.5 Å². The number of fused-ring (bicyclic) bond motifs is 1. The highest BCUT2D eigenvalue weighted by Gasteiger charge is 2.34. The number of carbonyl (C=O) groups excluding carboxylic acids is 2. The highest BCUT2D eigenvalue weighted by molar-refractivity contribution is 5.89. The van der Waals surface area contributed by atoms with E-state index < -0.39 is 11.6 Å². The van der Waals surface area contributed by atoms with E-state index in [4.69, 9.17) is 9.47 Å². The number of ether oxygens (including phenoxy) is 2. The van der Waals surface area contributed by atoms with E-state index in [9.17, 15) is 9.59 Å². The molecule has 1 unspecified atom stereocenters. The predicted molar refractivity (Wildman–Crippen MR) is 149 cm³/mol. The zero-order chi connectivity index (χ0) is 28.0. The van der Waals surface area contributed by atoms with E-state index in [0.717, 1.165) is 11.1 Å². The number of hydrogen-bond acceptors (Lipinski definition) is 6. The van der Waals surface area contributed by atoms with Crippen LogP contribution in [-0.2, 0) is 22.7 Å². The third kappa shape index (κ3) is 6.73. The van der Waals surface area contributed by atoms with Crippen LogP contribution >= 0.6 is 0 Å². The first-order valence-electron chi connectivity index (χ1n) is 12.9. The summed E-state index contributed by atoms with van der Waals surface area (Å²) in [6, 6.07) is 21.4. The summed E-state index contributed by atoms with van der Waals surface area (Å²) in [6.07, 6.45) is 0. The van der Waals surface area contributed by atoms with Crippen molar-refractivity contribution in [1.82, 2.24) is 25.2 Å². The summed E-state index contributed by atoms with van der Waals surface area (Å²) in [5.41, 5.74) is 2.40. The van der Waals surface area contributed by atoms with Gasteiger partial charge < -0.3 is 19.7 Å². The Morgan fingerprint density at radius 3 is 2.41 bits per heavy atom. The smallest absolute Gasteiger partial charge is 0.247 e. The molecule has 1 atom stereocenters. The molecule has 1 aromatic heterocycles. The van der Waals surface area contributed by atoms with Crippen molar-refractivity contribution in [3.8, 4) is 11.5 Å². The van der Waals surface area contributed by atoms with Crippen LogP contribution in [0.3, 0.4) is 0 Å². The van der Waals surface area contributed by atoms with Gasteiger partial charge in [0, 0.05) is 12.1 Å². The number of nitrogens with one attached hydrogen (secondary N) is 1. The summed E-state index contributed by atoms with van der Waals surface area (Å²) in [5.74, 6) is 0.462. The summed E-state index contributed by atoms with van der Waals surface area (Å²) >= 11 is 0. The Balaban J connectivity index is 1.80. The van der Waals surface area contributed by atoms with Gasteiger partial charge in [-0.2, -0.15) is 0 Å². The van der Waals surface area contributed by atoms with Crippen LogP contribution in [0.5, 0.6) is 11.5 Å². The molecule has 0 bridgehead atoms. The standard InChI is InChI=1S/C30H35N5O4/c1-6-39-25-17-16-22(18-26(25)38-5)28(29(37)31-30(2,3)4)34(19-21-12-8-7-9-13-21)27(36)20-35-24-15-11-10-14-23(24)32-33-35/h7-18,28H,6,19-20H2,1-5H3,(H,31,37). The van der Waals surface area contributed by atoms with E-state index >= 15 is 0 Å². The molecule has 0 saturated carbocycles. The Morgan fingerprint density at radius 2 is 1.72 bits per heavy atom. The maximum absolute atomic E-state index is 14.1. The van der Waals surface area contributed by atoms with Crippen molar-refractivity contribution in [3.05, 3.63) is 83.9 Å². The lowest BCUT2D eigenvalue weighted by atomic mass is 10.00. The number of nitrogens with zero attached hydrogens (tertiary/aromatic N) is 4. The average molecular weight is 530 g/mol. The first kappa shape index (κ1) is 27.6. The van der Waals surface area contributed by atoms with Gasteiger partial charge in [-0.25, -0.2) is 4.68 Å². The summed E-state index contributed by atoms with van der Waals surface area (Å²) in [5, 5.41) is 11.5. The van der Waals surface area contributed by atoms with Crippen LogP contribution in [0.4, 0.5) is 0 Å². The number of para-hydroxylation sites is 1. The average Bonchev–Trinajstić information content (AvgIpc) is 3.31. The maximum atomic E-state index is 14.1. The van der Waals surface area contributed by atoms with Crippen molar-refractivity contribution >= 4 is 22.8 Å². The first-order chi connectivity index (χ1) is 18.7. The molecule has 4 aromatic rings. The topological polar surface area (TPSA) is 98.6 Å². The zero-order valence-electron chi connectivity index (χ0n) is 23.0. The lowest BCUT2D eigenvalue weighted by Gasteiger charge is -2.34. The summed E-state index contributed by atoms with van der Waals surface area (Å²) in [4.78, 5) is 29.6. The Morgan fingerprint density at radius 1 is 1.00 bits per heavy atom. The van der Waals surface area contributed by atoms with Crippen molar-refractivity contribution in [2.45, 2.75) is 52.4 Å². The van der Waals surface area contributed by atoms with Crippen molar-refractivity contribution in [1.29, 1.82) is 0 Å². The van der Waals surface area contributed by atoms with Gasteiger partial charge in [0.25, 0.3) is 0 Å². The lowest BCUT2D eigenvalue weighted by molar-refractivity contribution is -0.142. The molecule has 1 heterocycles. The molecule has 0 fully saturated rings. The van der Waals surface area contributed by atoms with Gasteiger partial charge >= 0.3 is 0 Å². The number of methoxy groups -OCH3 is 1. The summed E-state index contributed by atoms with van der Waals surface area (Å²) < 4.78 is 12.8. The Labute approximate surface area is 228 Å². The minimum Gasteiger partial charge on any atom is -0.493 e. The third-order valence-corrected chi connectivity index (χ3v) is 6.08. The molecule has 4 rings (SSSR count). The SMILES string of the molecule is CCOc1ccc(C(C(=O)NC(C)(C)C)N(Cc2ccccc2)C(=O)Cn2nnc3ccccc32)cc1OC. The summed E-state index contributed by atoms with van der Waals surface area (Å²) in [6.45, 7) is 8.21. The molecule has 0 spiro atoms. The molecular formula is C30H35N5O4. The fourth-order valence-corrected chi connectivity index (χ4v) is 4.40. The summed E-state index contributed by atoms with van der Waals surface area (Å²) in [7, 11) is 1.55. The number of hydrogen-bond donors (Lipinski definition) is 1. The number of amides is 2. The van der Waals surface area contributed by atoms with Gasteiger partial charge in [-0.15, -0.1) is 5.10 Å². The highest BCUT2D eigenvalue weighted by Crippen LogP contribution is 2.34. The normalized spacial score (nSPS) is 12.1. The molecule has 0 saturated heterocycles. The monoisotopic (exact) mass is 529 g/mol. The minimum absolute atomic E-state index is 0.0825. The number of carbonyl (C=O) groups is 2. The van der Waals surface area contributed by atoms with Crippen molar-refractivity contribution in [2.75, 3.05) is 13.7 Å². The maximum Gasteiger partial charge on any atom is 0.247 e. The molecule has 1 N–H and O–H groups in total. The molecule has 0 aliphatic carbocycles. The van der Waals surface area contributed by atoms with Crippen LogP contribution in [0.2, 0.25) is 0 Å². The third-order valence-electron chi connectivity index (χ3n) is 6.08. The lowest BCUT2D eigenvalue weighted by Crippen LogP contribution is -2.49. The minimum atomic E-state index is -0.948. The van der Waals surface area contributed by atoms with E-state index in [1.54, 1.807) is 34.9 Å². The van der Waals surface area contributed by atoms with E-state index in [1.807, 2.05) is 82.3 Å². The van der Waals surface area contributed by atoms with Crippen LogP contribution in [0.15, 0.2) is 72.8 Å². The number of aromatic nitrogens is 3. The van der Waals surface area contributed by atoms with E-state index in [1.165, 1.54) is 0 Å². The number of benzene rings is 3. The fraction of sp³-hybridized carbons (Fsp3) is 0.333. The highest BCUT2D eigenvalue weighted by atomic mass is 16.5. The molecule has 39 heavy (non-hydrogen) atoms. The number of rotatable bonds is 10. The molecule has 9 nitrogen and oxygen atoms in total. The van der Waals surface area contributed by atoms with Crippen LogP contribution in [0.1, 0.15) is 44.9 Å². The van der Waals surface area contributed by atoms with Crippen molar-refractivity contribution in [3.63, 3.8) is 0 Å². The van der Waals surface area contributed by atoms with Gasteiger partial charge in [-0.05, 0) is 63.1 Å². The fourth-order valence-electron chi connectivity index (χ4n) is 4.40. The molecule has 0 radical (unpaired) electrons. The molecule has 9 heteroatoms. The second-order valence-electron chi connectivity index (χ2n) is 10.2. The van der Waals surface area contributed by atoms with Crippen LogP contribution < -0.4 is 14.8 Å². The van der Waals surface area contributed by atoms with Crippen LogP contribution in [-0.4, -0.2) is 51.0 Å². The molecule has 204 valence electrons. The van der Waals surface area contributed by atoms with Crippen molar-refractivity contribution in [2.24, 2.45) is 0 Å². The Hall–Kier alpha value is -4.40. The Kier molecular flexibility index (Phi) is 8.49. The molecule has 3 aromatic carbocycles. The molecule has 0 aliphatic heterocycles. The van der Waals surface area contributed by atoms with E-state index in [2.05, 4.69) is 15.6 Å². The van der Waals surface area contributed by atoms with Crippen LogP contribution in [0.25, 0.3) is 11.0 Å².